The molecule has 4 aliphatic carbocycles. The summed E-state index contributed by atoms with van der Waals surface area (Å²) in [6.45, 7) is 6.90. The maximum Gasteiger partial charge on any atom is 0.306 e. The molecule has 0 aromatic rings. The summed E-state index contributed by atoms with van der Waals surface area (Å²) < 4.78 is 12.5. The van der Waals surface area contributed by atoms with Crippen LogP contribution in [0.1, 0.15) is 78.6 Å². The average molecular weight is 423 g/mol. The molecule has 1 unspecified atom stereocenters. The second-order valence-corrected chi connectivity index (χ2v) is 11.5. The van der Waals surface area contributed by atoms with E-state index in [1.165, 1.54) is 11.1 Å². The van der Waals surface area contributed by atoms with Crippen molar-refractivity contribution in [1.29, 1.82) is 0 Å². The van der Waals surface area contributed by atoms with Gasteiger partial charge in [0.2, 0.25) is 0 Å². The Morgan fingerprint density at radius 3 is 2.61 bits per heavy atom. The number of allylic oxidation sites excluding steroid dienone is 5. The lowest BCUT2D eigenvalue weighted by atomic mass is 9.48. The van der Waals surface area contributed by atoms with Crippen LogP contribution in [0.5, 0.6) is 0 Å². The number of fused-ring (bicyclic) bond motifs is 6. The summed E-state index contributed by atoms with van der Waals surface area (Å²) in [6.07, 6.45) is 14.9. The summed E-state index contributed by atoms with van der Waals surface area (Å²) in [6, 6.07) is 0. The van der Waals surface area contributed by atoms with Crippen LogP contribution in [-0.2, 0) is 19.1 Å². The molecule has 4 heteroatoms. The van der Waals surface area contributed by atoms with Gasteiger partial charge in [0.15, 0.2) is 5.78 Å². The molecule has 6 aliphatic rings. The first-order valence-electron chi connectivity index (χ1n) is 12.3. The lowest BCUT2D eigenvalue weighted by molar-refractivity contribution is -0.160. The third-order valence-corrected chi connectivity index (χ3v) is 10.1. The van der Waals surface area contributed by atoms with Gasteiger partial charge in [-0.05, 0) is 69.4 Å². The number of hydrogen-bond donors (Lipinski definition) is 0. The average Bonchev–Trinajstić information content (AvgIpc) is 3.41. The summed E-state index contributed by atoms with van der Waals surface area (Å²) in [5, 5.41) is 0. The molecule has 1 saturated heterocycles. The largest absolute Gasteiger partial charge is 0.495 e. The molecule has 3 fully saturated rings. The standard InChI is InChI=1S/C27H34O4/c1-16-4-5-22(30-16)19-15-17-14-18(28)6-10-25(17,2)20-7-11-26(3)21(24(19)20)8-12-27(26)13-9-23(29)31-27/h5,7,14,16,19,21,24H,4,6,8-13,15H2,1-3H3/t16?,19-,21-,24+,25-,26-,27+/m0/s1. The molecular weight excluding hydrogens is 388 g/mol. The minimum atomic E-state index is -0.293. The third-order valence-electron chi connectivity index (χ3n) is 10.1. The van der Waals surface area contributed by atoms with E-state index in [2.05, 4.69) is 32.9 Å². The van der Waals surface area contributed by atoms with Crippen molar-refractivity contribution in [3.63, 3.8) is 0 Å². The molecule has 0 radical (unpaired) electrons. The molecule has 0 amide bonds. The van der Waals surface area contributed by atoms with E-state index in [4.69, 9.17) is 9.47 Å². The summed E-state index contributed by atoms with van der Waals surface area (Å²) >= 11 is 0. The number of hydrogen-bond acceptors (Lipinski definition) is 4. The van der Waals surface area contributed by atoms with Gasteiger partial charge < -0.3 is 9.47 Å². The number of rotatable bonds is 1. The van der Waals surface area contributed by atoms with Crippen molar-refractivity contribution in [2.45, 2.75) is 90.3 Å². The van der Waals surface area contributed by atoms with Crippen molar-refractivity contribution < 1.29 is 19.1 Å². The van der Waals surface area contributed by atoms with E-state index in [0.29, 0.717) is 30.6 Å². The van der Waals surface area contributed by atoms with Crippen molar-refractivity contribution in [2.75, 3.05) is 0 Å². The fourth-order valence-electron chi connectivity index (χ4n) is 8.28. The van der Waals surface area contributed by atoms with Crippen molar-refractivity contribution >= 4 is 11.8 Å². The molecule has 7 atom stereocenters. The van der Waals surface area contributed by atoms with Gasteiger partial charge in [-0.1, -0.05) is 31.1 Å². The van der Waals surface area contributed by atoms with Crippen LogP contribution < -0.4 is 0 Å². The molecule has 2 saturated carbocycles. The highest BCUT2D eigenvalue weighted by Crippen LogP contribution is 2.69. The molecule has 0 aromatic heterocycles. The van der Waals surface area contributed by atoms with Crippen LogP contribution in [0.4, 0.5) is 0 Å². The molecule has 2 aliphatic heterocycles. The van der Waals surface area contributed by atoms with Crippen LogP contribution in [0.3, 0.4) is 0 Å². The van der Waals surface area contributed by atoms with Gasteiger partial charge in [0, 0.05) is 36.0 Å². The Kier molecular flexibility index (Phi) is 4.06. The zero-order chi connectivity index (χ0) is 21.6. The Labute approximate surface area is 185 Å². The van der Waals surface area contributed by atoms with Crippen molar-refractivity contribution in [3.05, 3.63) is 35.1 Å². The number of carbonyl (C=O) groups excluding carboxylic acids is 2. The SMILES string of the molecule is CC1CC=C([C@@H]2CC3=CC(=O)CC[C@]3(C)C3=CC[C@@]4(C)[C@@H](CC[C@@]45CCC(=O)O5)[C@@H]32)O1. The predicted molar refractivity (Wildman–Crippen MR) is 117 cm³/mol. The van der Waals surface area contributed by atoms with E-state index in [1.54, 1.807) is 0 Å². The Hall–Kier alpha value is -1.84. The van der Waals surface area contributed by atoms with Gasteiger partial charge in [-0.15, -0.1) is 0 Å². The monoisotopic (exact) mass is 422 g/mol. The van der Waals surface area contributed by atoms with E-state index in [-0.39, 0.29) is 34.3 Å². The number of esters is 1. The molecule has 4 nitrogen and oxygen atoms in total. The van der Waals surface area contributed by atoms with Crippen LogP contribution in [0.15, 0.2) is 35.1 Å². The lowest BCUT2D eigenvalue weighted by Gasteiger charge is -2.57. The summed E-state index contributed by atoms with van der Waals surface area (Å²) in [5.74, 6) is 2.58. The first kappa shape index (κ1) is 19.8. The molecule has 6 rings (SSSR count). The fourth-order valence-corrected chi connectivity index (χ4v) is 8.28. The Bertz CT molecular complexity index is 956. The quantitative estimate of drug-likeness (QED) is 0.417. The molecule has 31 heavy (non-hydrogen) atoms. The first-order chi connectivity index (χ1) is 14.8. The highest BCUT2D eigenvalue weighted by atomic mass is 16.6. The Morgan fingerprint density at radius 2 is 1.90 bits per heavy atom. The van der Waals surface area contributed by atoms with E-state index >= 15 is 0 Å². The van der Waals surface area contributed by atoms with Gasteiger partial charge in [0.25, 0.3) is 0 Å². The molecule has 0 bridgehead atoms. The second kappa shape index (κ2) is 6.36. The number of ether oxygens (including phenoxy) is 2. The van der Waals surface area contributed by atoms with Crippen LogP contribution >= 0.6 is 0 Å². The Morgan fingerprint density at radius 1 is 1.06 bits per heavy atom. The van der Waals surface area contributed by atoms with Crippen LogP contribution in [-0.4, -0.2) is 23.5 Å². The van der Waals surface area contributed by atoms with E-state index in [9.17, 15) is 9.59 Å². The molecule has 166 valence electrons. The van der Waals surface area contributed by atoms with Gasteiger partial charge in [-0.3, -0.25) is 9.59 Å². The topological polar surface area (TPSA) is 52.6 Å². The van der Waals surface area contributed by atoms with Gasteiger partial charge in [-0.2, -0.15) is 0 Å². The van der Waals surface area contributed by atoms with Crippen molar-refractivity contribution in [1.82, 2.24) is 0 Å². The van der Waals surface area contributed by atoms with Crippen LogP contribution in [0.25, 0.3) is 0 Å². The van der Waals surface area contributed by atoms with Crippen LogP contribution in [0.2, 0.25) is 0 Å². The first-order valence-corrected chi connectivity index (χ1v) is 12.3. The molecule has 2 heterocycles. The van der Waals surface area contributed by atoms with E-state index < -0.39 is 0 Å². The zero-order valence-electron chi connectivity index (χ0n) is 19.0. The highest BCUT2D eigenvalue weighted by Gasteiger charge is 2.67. The maximum absolute atomic E-state index is 12.3. The summed E-state index contributed by atoms with van der Waals surface area (Å²) in [4.78, 5) is 24.5. The highest BCUT2D eigenvalue weighted by molar-refractivity contribution is 5.92. The normalized spacial score (nSPS) is 48.3. The second-order valence-electron chi connectivity index (χ2n) is 11.5. The van der Waals surface area contributed by atoms with Gasteiger partial charge in [0.05, 0.1) is 11.9 Å². The minimum absolute atomic E-state index is 0.0106. The zero-order valence-corrected chi connectivity index (χ0v) is 19.0. The minimum Gasteiger partial charge on any atom is -0.495 e. The van der Waals surface area contributed by atoms with E-state index in [0.717, 1.165) is 50.7 Å². The van der Waals surface area contributed by atoms with E-state index in [1.807, 2.05) is 6.08 Å². The molecule has 0 aromatic carbocycles. The number of ketones is 1. The third kappa shape index (κ3) is 2.54. The van der Waals surface area contributed by atoms with Crippen molar-refractivity contribution in [3.8, 4) is 0 Å². The lowest BCUT2D eigenvalue weighted by Crippen LogP contribution is -2.53. The molecule has 0 N–H and O–H groups in total. The maximum atomic E-state index is 12.3. The molecule has 1 spiro atoms. The van der Waals surface area contributed by atoms with Crippen molar-refractivity contribution in [2.24, 2.45) is 28.6 Å². The molecular formula is C27H34O4. The van der Waals surface area contributed by atoms with Gasteiger partial charge in [-0.25, -0.2) is 0 Å². The summed E-state index contributed by atoms with van der Waals surface area (Å²) in [7, 11) is 0. The van der Waals surface area contributed by atoms with Gasteiger partial charge in [0.1, 0.15) is 5.60 Å². The van der Waals surface area contributed by atoms with Gasteiger partial charge >= 0.3 is 5.97 Å². The predicted octanol–water partition coefficient (Wildman–Crippen LogP) is 5.43. The number of carbonyl (C=O) groups is 2. The summed E-state index contributed by atoms with van der Waals surface area (Å²) in [5.41, 5.74) is 2.53. The van der Waals surface area contributed by atoms with Crippen LogP contribution in [0, 0.1) is 28.6 Å². The smallest absolute Gasteiger partial charge is 0.306 e. The Balaban J connectivity index is 1.47. The fraction of sp³-hybridized carbons (Fsp3) is 0.704.